The molecule has 0 aliphatic heterocycles. The summed E-state index contributed by atoms with van der Waals surface area (Å²) >= 11 is 0. The Morgan fingerprint density at radius 1 is 1.03 bits per heavy atom. The van der Waals surface area contributed by atoms with Crippen LogP contribution < -0.4 is 0 Å². The molecule has 2 aliphatic rings. The maximum Gasteiger partial charge on any atom is 0.328 e. The molecule has 2 rings (SSSR count). The van der Waals surface area contributed by atoms with Crippen LogP contribution in [0, 0.1) is 16.7 Å². The molecule has 7 heteroatoms. The zero-order valence-electron chi connectivity index (χ0n) is 23.7. The number of esters is 2. The lowest BCUT2D eigenvalue weighted by atomic mass is 9.47. The number of carbonyl (C=O) groups is 3. The van der Waals surface area contributed by atoms with E-state index in [1.807, 2.05) is 27.7 Å². The Labute approximate surface area is 222 Å². The maximum atomic E-state index is 12.8. The summed E-state index contributed by atoms with van der Waals surface area (Å²) in [5.41, 5.74) is 2.03. The van der Waals surface area contributed by atoms with Crippen LogP contribution in [0.4, 0.5) is 0 Å². The van der Waals surface area contributed by atoms with Crippen LogP contribution in [0.5, 0.6) is 0 Å². The highest BCUT2D eigenvalue weighted by Gasteiger charge is 2.61. The van der Waals surface area contributed by atoms with Gasteiger partial charge in [-0.15, -0.1) is 0 Å². The largest absolute Gasteiger partial charge is 0.478 e. The number of carboxylic acids is 1. The first-order valence-corrected chi connectivity index (χ1v) is 14.0. The average Bonchev–Trinajstić information content (AvgIpc) is 2.82. The number of hydrogen-bond acceptors (Lipinski definition) is 6. The minimum Gasteiger partial charge on any atom is -0.478 e. The first-order chi connectivity index (χ1) is 17.4. The van der Waals surface area contributed by atoms with E-state index in [4.69, 9.17) is 14.6 Å². The van der Waals surface area contributed by atoms with Gasteiger partial charge >= 0.3 is 17.9 Å². The number of aliphatic carboxylic acids is 1. The van der Waals surface area contributed by atoms with Gasteiger partial charge in [-0.05, 0) is 57.8 Å². The lowest BCUT2D eigenvalue weighted by Gasteiger charge is -2.60. The van der Waals surface area contributed by atoms with Crippen molar-refractivity contribution < 1.29 is 34.1 Å². The smallest absolute Gasteiger partial charge is 0.328 e. The van der Waals surface area contributed by atoms with E-state index in [9.17, 15) is 19.5 Å². The number of rotatable bonds is 13. The second-order valence-corrected chi connectivity index (χ2v) is 11.6. The van der Waals surface area contributed by atoms with Crippen LogP contribution in [-0.2, 0) is 23.9 Å². The van der Waals surface area contributed by atoms with E-state index in [0.29, 0.717) is 38.5 Å². The van der Waals surface area contributed by atoms with Crippen molar-refractivity contribution in [1.82, 2.24) is 0 Å². The number of carbonyl (C=O) groups excluding carboxylic acids is 2. The molecule has 2 unspecified atom stereocenters. The average molecular weight is 521 g/mol. The van der Waals surface area contributed by atoms with Crippen LogP contribution in [0.1, 0.15) is 112 Å². The first kappa shape index (κ1) is 31.1. The zero-order valence-corrected chi connectivity index (χ0v) is 23.7. The second-order valence-electron chi connectivity index (χ2n) is 11.6. The van der Waals surface area contributed by atoms with Crippen molar-refractivity contribution in [2.45, 2.75) is 124 Å². The number of aliphatic hydroxyl groups excluding tert-OH is 1. The van der Waals surface area contributed by atoms with E-state index in [1.54, 1.807) is 0 Å². The van der Waals surface area contributed by atoms with Crippen molar-refractivity contribution in [3.8, 4) is 0 Å². The van der Waals surface area contributed by atoms with Crippen LogP contribution >= 0.6 is 0 Å². The maximum absolute atomic E-state index is 12.8. The third kappa shape index (κ3) is 7.46. The van der Waals surface area contributed by atoms with E-state index in [1.165, 1.54) is 11.6 Å². The molecule has 0 spiro atoms. The Morgan fingerprint density at radius 3 is 2.16 bits per heavy atom. The van der Waals surface area contributed by atoms with Crippen LogP contribution in [0.15, 0.2) is 22.8 Å². The molecule has 2 N–H and O–H groups in total. The molecule has 5 atom stereocenters. The number of ether oxygens (including phenoxy) is 2. The van der Waals surface area contributed by atoms with Gasteiger partial charge in [0.2, 0.25) is 0 Å². The fourth-order valence-electron chi connectivity index (χ4n) is 6.74. The van der Waals surface area contributed by atoms with Crippen LogP contribution in [0.25, 0.3) is 0 Å². The number of unbranched alkanes of at least 4 members (excludes halogenated alkanes) is 2. The molecule has 210 valence electrons. The van der Waals surface area contributed by atoms with Crippen LogP contribution in [0.2, 0.25) is 0 Å². The second kappa shape index (κ2) is 13.6. The molecule has 0 bridgehead atoms. The monoisotopic (exact) mass is 520 g/mol. The van der Waals surface area contributed by atoms with Crippen molar-refractivity contribution >= 4 is 17.9 Å². The number of allylic oxidation sites excluding steroid dienone is 2. The van der Waals surface area contributed by atoms with Crippen molar-refractivity contribution in [3.63, 3.8) is 0 Å². The SMILES string of the molecule is CCCCC(=O)OC1CC(C)=C(CC/C(C)=C/C(=O)O)[C@@]2(C)CC[C@@H](OC(=O)CCCC)[C@](C)(CO)C12. The van der Waals surface area contributed by atoms with E-state index in [2.05, 4.69) is 13.8 Å². The third-order valence-corrected chi connectivity index (χ3v) is 8.65. The lowest BCUT2D eigenvalue weighted by molar-refractivity contribution is -0.200. The van der Waals surface area contributed by atoms with Gasteiger partial charge in [-0.1, -0.05) is 57.3 Å². The first-order valence-electron chi connectivity index (χ1n) is 14.0. The molecule has 7 nitrogen and oxygen atoms in total. The summed E-state index contributed by atoms with van der Waals surface area (Å²) in [6, 6.07) is 0. The van der Waals surface area contributed by atoms with E-state index < -0.39 is 23.6 Å². The molecule has 2 aliphatic carbocycles. The van der Waals surface area contributed by atoms with Crippen LogP contribution in [-0.4, -0.2) is 46.9 Å². The van der Waals surface area contributed by atoms with Crippen molar-refractivity contribution in [2.24, 2.45) is 16.7 Å². The Balaban J connectivity index is 2.47. The Morgan fingerprint density at radius 2 is 1.62 bits per heavy atom. The molecular formula is C30H48O7. The summed E-state index contributed by atoms with van der Waals surface area (Å²) in [5, 5.41) is 19.9. The molecule has 1 fully saturated rings. The van der Waals surface area contributed by atoms with Crippen molar-refractivity contribution in [3.05, 3.63) is 22.8 Å². The fourth-order valence-corrected chi connectivity index (χ4v) is 6.74. The normalized spacial score (nSPS) is 30.0. The van der Waals surface area contributed by atoms with Gasteiger partial charge in [0.1, 0.15) is 12.2 Å². The van der Waals surface area contributed by atoms with E-state index >= 15 is 0 Å². The molecule has 0 heterocycles. The predicted molar refractivity (Wildman–Crippen MR) is 143 cm³/mol. The minimum atomic E-state index is -0.951. The van der Waals surface area contributed by atoms with Gasteiger partial charge in [-0.2, -0.15) is 0 Å². The molecule has 0 aromatic rings. The standard InChI is InChI=1S/C30H48O7/c1-7-9-11-26(34)36-23-18-21(4)22(14-13-20(3)17-25(32)33)29(5)16-15-24(30(6,19-31)28(23)29)37-27(35)12-10-8-2/h17,23-24,28,31H,7-16,18-19H2,1-6H3,(H,32,33)/b20-17+/t23?,24-,28?,29-,30+/m1/s1. The quantitative estimate of drug-likeness (QED) is 0.171. The summed E-state index contributed by atoms with van der Waals surface area (Å²) in [7, 11) is 0. The zero-order chi connectivity index (χ0) is 27.8. The molecule has 1 saturated carbocycles. The summed E-state index contributed by atoms with van der Waals surface area (Å²) < 4.78 is 12.1. The summed E-state index contributed by atoms with van der Waals surface area (Å²) in [4.78, 5) is 36.5. The Kier molecular flexibility index (Phi) is 11.4. The highest BCUT2D eigenvalue weighted by molar-refractivity contribution is 5.80. The van der Waals surface area contributed by atoms with Gasteiger partial charge in [-0.25, -0.2) is 4.79 Å². The fraction of sp³-hybridized carbons (Fsp3) is 0.767. The van der Waals surface area contributed by atoms with Gasteiger partial charge in [0.15, 0.2) is 0 Å². The molecule has 0 radical (unpaired) electrons. The number of aliphatic hydroxyl groups is 1. The molecule has 37 heavy (non-hydrogen) atoms. The summed E-state index contributed by atoms with van der Waals surface area (Å²) in [6.07, 6.45) is 7.61. The lowest BCUT2D eigenvalue weighted by Crippen LogP contribution is -2.61. The van der Waals surface area contributed by atoms with E-state index in [-0.39, 0.29) is 29.9 Å². The summed E-state index contributed by atoms with van der Waals surface area (Å²) in [5.74, 6) is -1.67. The van der Waals surface area contributed by atoms with E-state index in [0.717, 1.165) is 43.3 Å². The van der Waals surface area contributed by atoms with Gasteiger partial charge < -0.3 is 19.7 Å². The highest BCUT2D eigenvalue weighted by Crippen LogP contribution is 2.61. The van der Waals surface area contributed by atoms with Gasteiger partial charge in [0.25, 0.3) is 0 Å². The topological polar surface area (TPSA) is 110 Å². The van der Waals surface area contributed by atoms with Crippen molar-refractivity contribution in [2.75, 3.05) is 6.61 Å². The molecule has 0 aromatic carbocycles. The van der Waals surface area contributed by atoms with Crippen molar-refractivity contribution in [1.29, 1.82) is 0 Å². The molecule has 0 saturated heterocycles. The number of carboxylic acid groups (broad SMARTS) is 1. The molecular weight excluding hydrogens is 472 g/mol. The van der Waals surface area contributed by atoms with Gasteiger partial charge in [-0.3, -0.25) is 9.59 Å². The highest BCUT2D eigenvalue weighted by atomic mass is 16.6. The van der Waals surface area contributed by atoms with Gasteiger partial charge in [0, 0.05) is 36.7 Å². The Hall–Kier alpha value is -2.15. The number of fused-ring (bicyclic) bond motifs is 1. The van der Waals surface area contributed by atoms with Crippen LogP contribution in [0.3, 0.4) is 0 Å². The number of hydrogen-bond donors (Lipinski definition) is 2. The molecule has 0 aromatic heterocycles. The Bertz CT molecular complexity index is 888. The molecule has 0 amide bonds. The minimum absolute atomic E-state index is 0.188. The summed E-state index contributed by atoms with van der Waals surface area (Å²) in [6.45, 7) is 11.9. The van der Waals surface area contributed by atoms with Gasteiger partial charge in [0.05, 0.1) is 6.61 Å². The third-order valence-electron chi connectivity index (χ3n) is 8.65. The predicted octanol–water partition coefficient (Wildman–Crippen LogP) is 6.14.